The Kier molecular flexibility index (Phi) is 2.50. The van der Waals surface area contributed by atoms with E-state index in [1.54, 1.807) is 13.0 Å². The molecule has 0 unspecified atom stereocenters. The van der Waals surface area contributed by atoms with E-state index in [9.17, 15) is 9.90 Å². The maximum absolute atomic E-state index is 11.6. The van der Waals surface area contributed by atoms with Crippen molar-refractivity contribution in [3.63, 3.8) is 0 Å². The number of hydrogen-bond acceptors (Lipinski definition) is 4. The largest absolute Gasteiger partial charge is 0.508 e. The van der Waals surface area contributed by atoms with Gasteiger partial charge in [-0.05, 0) is 25.0 Å². The van der Waals surface area contributed by atoms with Crippen molar-refractivity contribution < 1.29 is 19.4 Å². The lowest BCUT2D eigenvalue weighted by molar-refractivity contribution is -0.159. The van der Waals surface area contributed by atoms with Crippen molar-refractivity contribution in [1.82, 2.24) is 0 Å². The van der Waals surface area contributed by atoms with Gasteiger partial charge in [0.1, 0.15) is 11.5 Å². The molecule has 16 heavy (non-hydrogen) atoms. The van der Waals surface area contributed by atoms with Gasteiger partial charge in [0.15, 0.2) is 0 Å². The molecule has 2 rings (SSSR count). The first-order valence-electron chi connectivity index (χ1n) is 5.14. The Balaban J connectivity index is 2.32. The minimum absolute atomic E-state index is 0.132. The van der Waals surface area contributed by atoms with Crippen molar-refractivity contribution in [3.05, 3.63) is 23.8 Å². The van der Waals surface area contributed by atoms with E-state index in [4.69, 9.17) is 9.47 Å². The average molecular weight is 222 g/mol. The molecule has 4 nitrogen and oxygen atoms in total. The molecule has 86 valence electrons. The molecule has 0 radical (unpaired) electrons. The molecule has 1 aliphatic rings. The van der Waals surface area contributed by atoms with Crippen LogP contribution in [0.3, 0.4) is 0 Å². The Morgan fingerprint density at radius 1 is 1.56 bits per heavy atom. The number of benzene rings is 1. The molecule has 1 N–H and O–H groups in total. The number of esters is 1. The lowest BCUT2D eigenvalue weighted by Crippen LogP contribution is -2.45. The molecule has 1 aliphatic heterocycles. The maximum Gasteiger partial charge on any atom is 0.349 e. The van der Waals surface area contributed by atoms with E-state index in [0.29, 0.717) is 12.2 Å². The third-order valence-electron chi connectivity index (χ3n) is 2.87. The summed E-state index contributed by atoms with van der Waals surface area (Å²) in [6.45, 7) is 1.70. The predicted octanol–water partition coefficient (Wildman–Crippen LogP) is 1.65. The van der Waals surface area contributed by atoms with Gasteiger partial charge in [0, 0.05) is 12.5 Å². The molecule has 0 bridgehead atoms. The van der Waals surface area contributed by atoms with Gasteiger partial charge < -0.3 is 14.6 Å². The Hall–Kier alpha value is -1.71. The number of phenols is 1. The van der Waals surface area contributed by atoms with Crippen LogP contribution in [0, 0.1) is 0 Å². The molecule has 0 aromatic heterocycles. The van der Waals surface area contributed by atoms with Gasteiger partial charge in [-0.25, -0.2) is 4.79 Å². The number of fused-ring (bicyclic) bond motifs is 1. The molecule has 1 atom stereocenters. The van der Waals surface area contributed by atoms with Crippen LogP contribution < -0.4 is 4.74 Å². The first-order chi connectivity index (χ1) is 7.55. The van der Waals surface area contributed by atoms with Crippen LogP contribution in [0.15, 0.2) is 18.2 Å². The normalized spacial score (nSPS) is 23.1. The number of hydrogen-bond donors (Lipinski definition) is 1. The Morgan fingerprint density at radius 3 is 3.00 bits per heavy atom. The molecule has 1 aromatic carbocycles. The number of carbonyl (C=O) groups is 1. The zero-order valence-electron chi connectivity index (χ0n) is 9.32. The van der Waals surface area contributed by atoms with Crippen molar-refractivity contribution in [2.24, 2.45) is 0 Å². The summed E-state index contributed by atoms with van der Waals surface area (Å²) in [5.74, 6) is 0.300. The van der Waals surface area contributed by atoms with Crippen LogP contribution in [-0.4, -0.2) is 23.8 Å². The smallest absolute Gasteiger partial charge is 0.349 e. The Bertz CT molecular complexity index is 427. The van der Waals surface area contributed by atoms with Crippen LogP contribution in [0.1, 0.15) is 18.9 Å². The number of aryl methyl sites for hydroxylation is 1. The second kappa shape index (κ2) is 3.70. The van der Waals surface area contributed by atoms with Crippen molar-refractivity contribution in [2.75, 3.05) is 7.11 Å². The SMILES string of the molecule is COC(=O)[C@@]1(C)CCc2ccc(O)cc2O1. The minimum Gasteiger partial charge on any atom is -0.508 e. The van der Waals surface area contributed by atoms with E-state index < -0.39 is 5.60 Å². The van der Waals surface area contributed by atoms with Crippen molar-refractivity contribution >= 4 is 5.97 Å². The topological polar surface area (TPSA) is 55.8 Å². The number of ether oxygens (including phenoxy) is 2. The van der Waals surface area contributed by atoms with Crippen molar-refractivity contribution in [1.29, 1.82) is 0 Å². The third-order valence-corrected chi connectivity index (χ3v) is 2.87. The van der Waals surface area contributed by atoms with Gasteiger partial charge in [0.2, 0.25) is 5.60 Å². The van der Waals surface area contributed by atoms with E-state index in [1.165, 1.54) is 13.2 Å². The monoisotopic (exact) mass is 222 g/mol. The number of aromatic hydroxyl groups is 1. The molecular weight excluding hydrogens is 208 g/mol. The standard InChI is InChI=1S/C12H14O4/c1-12(11(14)15-2)6-5-8-3-4-9(13)7-10(8)16-12/h3-4,7,13H,5-6H2,1-2H3/t12-/m1/s1. The van der Waals surface area contributed by atoms with Crippen LogP contribution in [-0.2, 0) is 16.0 Å². The van der Waals surface area contributed by atoms with E-state index in [2.05, 4.69) is 0 Å². The van der Waals surface area contributed by atoms with E-state index in [0.717, 1.165) is 12.0 Å². The lowest BCUT2D eigenvalue weighted by Gasteiger charge is -2.33. The quantitative estimate of drug-likeness (QED) is 0.734. The van der Waals surface area contributed by atoms with Crippen molar-refractivity contribution in [2.45, 2.75) is 25.4 Å². The molecule has 0 saturated carbocycles. The number of carbonyl (C=O) groups excluding carboxylic acids is 1. The Labute approximate surface area is 93.8 Å². The highest BCUT2D eigenvalue weighted by atomic mass is 16.6. The molecule has 1 aromatic rings. The molecule has 4 heteroatoms. The number of rotatable bonds is 1. The summed E-state index contributed by atoms with van der Waals surface area (Å²) >= 11 is 0. The highest BCUT2D eigenvalue weighted by Gasteiger charge is 2.40. The van der Waals surface area contributed by atoms with Gasteiger partial charge in [0.05, 0.1) is 7.11 Å². The summed E-state index contributed by atoms with van der Waals surface area (Å²) in [5.41, 5.74) is 0.0504. The number of methoxy groups -OCH3 is 1. The van der Waals surface area contributed by atoms with Gasteiger partial charge in [-0.2, -0.15) is 0 Å². The minimum atomic E-state index is -0.949. The Morgan fingerprint density at radius 2 is 2.31 bits per heavy atom. The lowest BCUT2D eigenvalue weighted by atomic mass is 9.92. The summed E-state index contributed by atoms with van der Waals surface area (Å²) in [5, 5.41) is 9.36. The van der Waals surface area contributed by atoms with Gasteiger partial charge in [-0.1, -0.05) is 6.07 Å². The molecule has 0 saturated heterocycles. The highest BCUT2D eigenvalue weighted by Crippen LogP contribution is 2.35. The fourth-order valence-corrected chi connectivity index (χ4v) is 1.87. The highest BCUT2D eigenvalue weighted by molar-refractivity contribution is 5.80. The third kappa shape index (κ3) is 1.71. The molecule has 0 aliphatic carbocycles. The van der Waals surface area contributed by atoms with E-state index >= 15 is 0 Å². The summed E-state index contributed by atoms with van der Waals surface area (Å²) in [7, 11) is 1.34. The molecule has 1 heterocycles. The second-order valence-electron chi connectivity index (χ2n) is 4.12. The predicted molar refractivity (Wildman–Crippen MR) is 57.5 cm³/mol. The fourth-order valence-electron chi connectivity index (χ4n) is 1.87. The molecule has 0 spiro atoms. The van der Waals surface area contributed by atoms with Crippen LogP contribution in [0.2, 0.25) is 0 Å². The molecular formula is C12H14O4. The summed E-state index contributed by atoms with van der Waals surface area (Å²) in [6.07, 6.45) is 1.32. The average Bonchev–Trinajstić information content (AvgIpc) is 2.27. The fraction of sp³-hybridized carbons (Fsp3) is 0.417. The van der Waals surface area contributed by atoms with Gasteiger partial charge in [0.25, 0.3) is 0 Å². The van der Waals surface area contributed by atoms with Gasteiger partial charge in [-0.3, -0.25) is 0 Å². The van der Waals surface area contributed by atoms with E-state index in [1.807, 2.05) is 6.07 Å². The zero-order chi connectivity index (χ0) is 11.8. The summed E-state index contributed by atoms with van der Waals surface area (Å²) in [6, 6.07) is 4.94. The maximum atomic E-state index is 11.6. The van der Waals surface area contributed by atoms with Crippen LogP contribution in [0.4, 0.5) is 0 Å². The first-order valence-corrected chi connectivity index (χ1v) is 5.14. The van der Waals surface area contributed by atoms with Gasteiger partial charge in [-0.15, -0.1) is 0 Å². The zero-order valence-corrected chi connectivity index (χ0v) is 9.32. The molecule has 0 fully saturated rings. The second-order valence-corrected chi connectivity index (χ2v) is 4.12. The van der Waals surface area contributed by atoms with Crippen LogP contribution in [0.25, 0.3) is 0 Å². The summed E-state index contributed by atoms with van der Waals surface area (Å²) in [4.78, 5) is 11.6. The van der Waals surface area contributed by atoms with E-state index in [-0.39, 0.29) is 11.7 Å². The number of phenolic OH excluding ortho intramolecular Hbond substituents is 1. The first kappa shape index (κ1) is 10.8. The molecule has 0 amide bonds. The van der Waals surface area contributed by atoms with Gasteiger partial charge >= 0.3 is 5.97 Å². The van der Waals surface area contributed by atoms with Crippen molar-refractivity contribution in [3.8, 4) is 11.5 Å². The summed E-state index contributed by atoms with van der Waals surface area (Å²) < 4.78 is 10.3. The van der Waals surface area contributed by atoms with Crippen LogP contribution >= 0.6 is 0 Å². The van der Waals surface area contributed by atoms with Crippen LogP contribution in [0.5, 0.6) is 11.5 Å².